The molecule has 4 heteroatoms. The van der Waals surface area contributed by atoms with Crippen molar-refractivity contribution in [2.75, 3.05) is 24.6 Å². The zero-order chi connectivity index (χ0) is 12.0. The highest BCUT2D eigenvalue weighted by atomic mass is 32.2. The van der Waals surface area contributed by atoms with Gasteiger partial charge in [0.25, 0.3) is 0 Å². The van der Waals surface area contributed by atoms with E-state index in [0.717, 1.165) is 12.5 Å². The van der Waals surface area contributed by atoms with Crippen molar-refractivity contribution in [3.8, 4) is 0 Å². The van der Waals surface area contributed by atoms with E-state index in [1.807, 2.05) is 11.8 Å². The lowest BCUT2D eigenvalue weighted by Gasteiger charge is -2.18. The number of hydrogen-bond acceptors (Lipinski definition) is 3. The van der Waals surface area contributed by atoms with Crippen molar-refractivity contribution in [1.82, 2.24) is 10.6 Å². The highest BCUT2D eigenvalue weighted by Gasteiger charge is 2.15. The molecule has 3 nitrogen and oxygen atoms in total. The third-order valence-corrected chi connectivity index (χ3v) is 4.36. The highest BCUT2D eigenvalue weighted by Crippen LogP contribution is 2.22. The molecule has 1 aliphatic rings. The Morgan fingerprint density at radius 2 is 2.19 bits per heavy atom. The summed E-state index contributed by atoms with van der Waals surface area (Å²) in [5, 5.41) is 6.24. The van der Waals surface area contributed by atoms with Crippen LogP contribution < -0.4 is 10.6 Å². The van der Waals surface area contributed by atoms with Gasteiger partial charge in [-0.1, -0.05) is 13.8 Å². The van der Waals surface area contributed by atoms with Crippen molar-refractivity contribution >= 4 is 17.7 Å². The smallest absolute Gasteiger partial charge is 0.234 e. The zero-order valence-electron chi connectivity index (χ0n) is 10.6. The van der Waals surface area contributed by atoms with Gasteiger partial charge < -0.3 is 10.6 Å². The molecule has 2 N–H and O–H groups in total. The molecule has 0 bridgehead atoms. The molecule has 1 aliphatic heterocycles. The summed E-state index contributed by atoms with van der Waals surface area (Å²) in [6.07, 6.45) is 1.29. The van der Waals surface area contributed by atoms with Gasteiger partial charge in [-0.3, -0.25) is 4.79 Å². The summed E-state index contributed by atoms with van der Waals surface area (Å²) in [4.78, 5) is 11.6. The lowest BCUT2D eigenvalue weighted by atomic mass is 10.1. The Balaban J connectivity index is 2.05. The van der Waals surface area contributed by atoms with Crippen LogP contribution in [-0.4, -0.2) is 36.5 Å². The largest absolute Gasteiger partial charge is 0.352 e. The maximum absolute atomic E-state index is 11.6. The molecule has 0 aromatic carbocycles. The van der Waals surface area contributed by atoms with E-state index in [-0.39, 0.29) is 11.9 Å². The second kappa shape index (κ2) is 7.17. The van der Waals surface area contributed by atoms with Crippen molar-refractivity contribution in [2.45, 2.75) is 33.2 Å². The van der Waals surface area contributed by atoms with E-state index in [4.69, 9.17) is 0 Å². The van der Waals surface area contributed by atoms with Gasteiger partial charge >= 0.3 is 0 Å². The third kappa shape index (κ3) is 5.21. The van der Waals surface area contributed by atoms with Crippen molar-refractivity contribution in [2.24, 2.45) is 11.8 Å². The Bertz CT molecular complexity index is 215. The molecule has 2 unspecified atom stereocenters. The van der Waals surface area contributed by atoms with Crippen LogP contribution in [0, 0.1) is 11.8 Å². The molecule has 0 spiro atoms. The van der Waals surface area contributed by atoms with Gasteiger partial charge in [-0.15, -0.1) is 0 Å². The van der Waals surface area contributed by atoms with Crippen LogP contribution in [0.3, 0.4) is 0 Å². The van der Waals surface area contributed by atoms with Crippen molar-refractivity contribution in [1.29, 1.82) is 0 Å². The lowest BCUT2D eigenvalue weighted by molar-refractivity contribution is -0.121. The number of carbonyl (C=O) groups is 1. The standard InChI is InChI=1S/C12H24N2OS/c1-9(2)10(3)14-12(15)7-13-6-11-4-5-16-8-11/h9-11,13H,4-8H2,1-3H3,(H,14,15). The summed E-state index contributed by atoms with van der Waals surface area (Å²) in [5.74, 6) is 3.90. The Hall–Kier alpha value is -0.220. The predicted octanol–water partition coefficient (Wildman–Crippen LogP) is 1.49. The number of hydrogen-bond donors (Lipinski definition) is 2. The second-order valence-corrected chi connectivity index (χ2v) is 6.11. The highest BCUT2D eigenvalue weighted by molar-refractivity contribution is 7.99. The molecule has 0 aromatic rings. The van der Waals surface area contributed by atoms with Gasteiger partial charge in [0, 0.05) is 6.04 Å². The van der Waals surface area contributed by atoms with Crippen LogP contribution in [0.25, 0.3) is 0 Å². The van der Waals surface area contributed by atoms with Gasteiger partial charge in [0.1, 0.15) is 0 Å². The fraction of sp³-hybridized carbons (Fsp3) is 0.917. The molecular formula is C12H24N2OS. The van der Waals surface area contributed by atoms with Gasteiger partial charge in [0.2, 0.25) is 5.91 Å². The van der Waals surface area contributed by atoms with Crippen LogP contribution in [0.2, 0.25) is 0 Å². The monoisotopic (exact) mass is 244 g/mol. The molecule has 0 saturated carbocycles. The first-order valence-corrected chi connectivity index (χ1v) is 7.33. The normalized spacial score (nSPS) is 22.4. The Morgan fingerprint density at radius 1 is 1.44 bits per heavy atom. The van der Waals surface area contributed by atoms with Gasteiger partial charge in [-0.25, -0.2) is 0 Å². The third-order valence-electron chi connectivity index (χ3n) is 3.13. The van der Waals surface area contributed by atoms with E-state index >= 15 is 0 Å². The summed E-state index contributed by atoms with van der Waals surface area (Å²) in [6.45, 7) is 7.73. The van der Waals surface area contributed by atoms with Crippen LogP contribution >= 0.6 is 11.8 Å². The Morgan fingerprint density at radius 3 is 2.75 bits per heavy atom. The average Bonchev–Trinajstić information content (AvgIpc) is 2.70. The average molecular weight is 244 g/mol. The Kier molecular flexibility index (Phi) is 6.21. The van der Waals surface area contributed by atoms with E-state index in [1.165, 1.54) is 17.9 Å². The van der Waals surface area contributed by atoms with Gasteiger partial charge in [-0.2, -0.15) is 11.8 Å². The number of rotatable bonds is 6. The summed E-state index contributed by atoms with van der Waals surface area (Å²) in [7, 11) is 0. The van der Waals surface area contributed by atoms with E-state index in [1.54, 1.807) is 0 Å². The molecule has 16 heavy (non-hydrogen) atoms. The molecule has 1 heterocycles. The molecule has 1 saturated heterocycles. The molecular weight excluding hydrogens is 220 g/mol. The molecule has 0 aliphatic carbocycles. The minimum atomic E-state index is 0.117. The van der Waals surface area contributed by atoms with Gasteiger partial charge in [0.05, 0.1) is 6.54 Å². The van der Waals surface area contributed by atoms with E-state index in [2.05, 4.69) is 31.4 Å². The van der Waals surface area contributed by atoms with Crippen molar-refractivity contribution < 1.29 is 4.79 Å². The van der Waals surface area contributed by atoms with E-state index in [0.29, 0.717) is 12.5 Å². The first kappa shape index (κ1) is 13.8. The van der Waals surface area contributed by atoms with Crippen molar-refractivity contribution in [3.05, 3.63) is 0 Å². The second-order valence-electron chi connectivity index (χ2n) is 4.96. The van der Waals surface area contributed by atoms with E-state index < -0.39 is 0 Å². The van der Waals surface area contributed by atoms with Gasteiger partial charge in [-0.05, 0) is 43.2 Å². The maximum atomic E-state index is 11.6. The fourth-order valence-corrected chi connectivity index (χ4v) is 2.89. The van der Waals surface area contributed by atoms with Crippen molar-refractivity contribution in [3.63, 3.8) is 0 Å². The first-order valence-electron chi connectivity index (χ1n) is 6.17. The molecule has 94 valence electrons. The van der Waals surface area contributed by atoms with E-state index in [9.17, 15) is 4.79 Å². The molecule has 1 fully saturated rings. The number of thioether (sulfide) groups is 1. The van der Waals surface area contributed by atoms with Crippen LogP contribution in [0.1, 0.15) is 27.2 Å². The quantitative estimate of drug-likeness (QED) is 0.744. The molecule has 1 rings (SSSR count). The topological polar surface area (TPSA) is 41.1 Å². The number of carbonyl (C=O) groups excluding carboxylic acids is 1. The fourth-order valence-electron chi connectivity index (χ4n) is 1.61. The summed E-state index contributed by atoms with van der Waals surface area (Å²) >= 11 is 2.02. The van der Waals surface area contributed by atoms with Crippen LogP contribution in [0.5, 0.6) is 0 Å². The number of amides is 1. The molecule has 0 radical (unpaired) electrons. The van der Waals surface area contributed by atoms with Crippen LogP contribution in [0.4, 0.5) is 0 Å². The minimum Gasteiger partial charge on any atom is -0.352 e. The maximum Gasteiger partial charge on any atom is 0.234 e. The lowest BCUT2D eigenvalue weighted by Crippen LogP contribution is -2.42. The van der Waals surface area contributed by atoms with Gasteiger partial charge in [0.15, 0.2) is 0 Å². The van der Waals surface area contributed by atoms with Crippen LogP contribution in [0.15, 0.2) is 0 Å². The SMILES string of the molecule is CC(C)C(C)NC(=O)CNCC1CCSC1. The molecule has 1 amide bonds. The minimum absolute atomic E-state index is 0.117. The molecule has 0 aromatic heterocycles. The zero-order valence-corrected chi connectivity index (χ0v) is 11.4. The number of nitrogens with one attached hydrogen (secondary N) is 2. The summed E-state index contributed by atoms with van der Waals surface area (Å²) in [5.41, 5.74) is 0. The summed E-state index contributed by atoms with van der Waals surface area (Å²) in [6, 6.07) is 0.260. The van der Waals surface area contributed by atoms with Crippen LogP contribution in [-0.2, 0) is 4.79 Å². The predicted molar refractivity (Wildman–Crippen MR) is 70.7 cm³/mol. The Labute approximate surface area is 103 Å². The molecule has 2 atom stereocenters. The summed E-state index contributed by atoms with van der Waals surface area (Å²) < 4.78 is 0. The first-order chi connectivity index (χ1) is 7.59.